The van der Waals surface area contributed by atoms with Gasteiger partial charge in [-0.25, -0.2) is 0 Å². The van der Waals surface area contributed by atoms with Crippen LogP contribution in [0.4, 0.5) is 5.69 Å². The van der Waals surface area contributed by atoms with Crippen molar-refractivity contribution in [3.05, 3.63) is 29.8 Å². The van der Waals surface area contributed by atoms with Crippen molar-refractivity contribution in [3.8, 4) is 6.07 Å². The molecule has 1 aromatic carbocycles. The van der Waals surface area contributed by atoms with E-state index in [0.29, 0.717) is 5.56 Å². The number of hydrogen-bond acceptors (Lipinski definition) is 3. The van der Waals surface area contributed by atoms with E-state index in [-0.39, 0.29) is 5.54 Å². The molecule has 0 aromatic heterocycles. The SMILES string of the molecule is CC1(N)CCN(c2ccc(C#N)cc2)C1. The summed E-state index contributed by atoms with van der Waals surface area (Å²) >= 11 is 0. The third-order valence-electron chi connectivity index (χ3n) is 2.87. The third-order valence-corrected chi connectivity index (χ3v) is 2.87. The van der Waals surface area contributed by atoms with Gasteiger partial charge in [-0.15, -0.1) is 0 Å². The summed E-state index contributed by atoms with van der Waals surface area (Å²) in [4.78, 5) is 2.27. The average Bonchev–Trinajstić information content (AvgIpc) is 2.59. The molecule has 3 nitrogen and oxygen atoms in total. The van der Waals surface area contributed by atoms with Crippen molar-refractivity contribution in [3.63, 3.8) is 0 Å². The van der Waals surface area contributed by atoms with Gasteiger partial charge in [-0.3, -0.25) is 0 Å². The Hall–Kier alpha value is -1.53. The number of rotatable bonds is 1. The van der Waals surface area contributed by atoms with Gasteiger partial charge in [-0.2, -0.15) is 5.26 Å². The molecule has 0 aliphatic carbocycles. The molecule has 2 rings (SSSR count). The van der Waals surface area contributed by atoms with Crippen LogP contribution in [-0.2, 0) is 0 Å². The van der Waals surface area contributed by atoms with E-state index in [1.54, 1.807) is 0 Å². The molecule has 2 N–H and O–H groups in total. The number of nitrogens with zero attached hydrogens (tertiary/aromatic N) is 2. The molecule has 0 amide bonds. The minimum Gasteiger partial charge on any atom is -0.370 e. The molecule has 1 heterocycles. The highest BCUT2D eigenvalue weighted by atomic mass is 15.2. The van der Waals surface area contributed by atoms with E-state index in [1.165, 1.54) is 0 Å². The van der Waals surface area contributed by atoms with Crippen LogP contribution in [-0.4, -0.2) is 18.6 Å². The van der Waals surface area contributed by atoms with Crippen LogP contribution in [0.25, 0.3) is 0 Å². The van der Waals surface area contributed by atoms with Crippen LogP contribution < -0.4 is 10.6 Å². The van der Waals surface area contributed by atoms with Crippen LogP contribution in [0.3, 0.4) is 0 Å². The molecule has 1 fully saturated rings. The smallest absolute Gasteiger partial charge is 0.0991 e. The van der Waals surface area contributed by atoms with E-state index in [2.05, 4.69) is 17.9 Å². The maximum atomic E-state index is 8.69. The molecule has 0 radical (unpaired) electrons. The quantitative estimate of drug-likeness (QED) is 0.749. The van der Waals surface area contributed by atoms with Crippen LogP contribution in [0.2, 0.25) is 0 Å². The van der Waals surface area contributed by atoms with Crippen molar-refractivity contribution in [1.29, 1.82) is 5.26 Å². The summed E-state index contributed by atoms with van der Waals surface area (Å²) < 4.78 is 0. The van der Waals surface area contributed by atoms with Crippen molar-refractivity contribution < 1.29 is 0 Å². The Balaban J connectivity index is 2.15. The van der Waals surface area contributed by atoms with E-state index in [4.69, 9.17) is 11.0 Å². The van der Waals surface area contributed by atoms with E-state index in [0.717, 1.165) is 25.2 Å². The zero-order valence-corrected chi connectivity index (χ0v) is 8.90. The zero-order valence-electron chi connectivity index (χ0n) is 8.90. The second-order valence-corrected chi connectivity index (χ2v) is 4.48. The van der Waals surface area contributed by atoms with Crippen LogP contribution >= 0.6 is 0 Å². The molecular weight excluding hydrogens is 186 g/mol. The standard InChI is InChI=1S/C12H15N3/c1-12(14)6-7-15(9-12)11-4-2-10(8-13)3-5-11/h2-5H,6-7,9,14H2,1H3. The highest BCUT2D eigenvalue weighted by Crippen LogP contribution is 2.24. The Morgan fingerprint density at radius 2 is 2.07 bits per heavy atom. The predicted octanol–water partition coefficient (Wildman–Crippen LogP) is 1.49. The van der Waals surface area contributed by atoms with E-state index >= 15 is 0 Å². The van der Waals surface area contributed by atoms with Crippen molar-refractivity contribution in [2.45, 2.75) is 18.9 Å². The summed E-state index contributed by atoms with van der Waals surface area (Å²) in [6, 6.07) is 9.79. The van der Waals surface area contributed by atoms with Gasteiger partial charge in [0, 0.05) is 24.3 Å². The first-order valence-electron chi connectivity index (χ1n) is 5.15. The van der Waals surface area contributed by atoms with Crippen LogP contribution in [0.5, 0.6) is 0 Å². The van der Waals surface area contributed by atoms with Gasteiger partial charge >= 0.3 is 0 Å². The fraction of sp³-hybridized carbons (Fsp3) is 0.417. The second kappa shape index (κ2) is 3.56. The molecule has 0 spiro atoms. The number of nitriles is 1. The van der Waals surface area contributed by atoms with E-state index in [9.17, 15) is 0 Å². The van der Waals surface area contributed by atoms with Gasteiger partial charge in [0.1, 0.15) is 0 Å². The van der Waals surface area contributed by atoms with E-state index < -0.39 is 0 Å². The normalized spacial score (nSPS) is 25.3. The molecule has 1 aliphatic heterocycles. The van der Waals surface area contributed by atoms with Crippen molar-refractivity contribution in [1.82, 2.24) is 0 Å². The third kappa shape index (κ3) is 2.11. The van der Waals surface area contributed by atoms with Gasteiger partial charge < -0.3 is 10.6 Å². The summed E-state index contributed by atoms with van der Waals surface area (Å²) in [6.07, 6.45) is 1.02. The Kier molecular flexibility index (Phi) is 2.37. The summed E-state index contributed by atoms with van der Waals surface area (Å²) in [6.45, 7) is 3.97. The molecular formula is C12H15N3. The monoisotopic (exact) mass is 201 g/mol. The Morgan fingerprint density at radius 1 is 1.40 bits per heavy atom. The lowest BCUT2D eigenvalue weighted by Crippen LogP contribution is -2.39. The zero-order chi connectivity index (χ0) is 10.9. The lowest BCUT2D eigenvalue weighted by molar-refractivity contribution is 0.525. The average molecular weight is 201 g/mol. The largest absolute Gasteiger partial charge is 0.370 e. The van der Waals surface area contributed by atoms with Gasteiger partial charge in [-0.05, 0) is 37.6 Å². The van der Waals surface area contributed by atoms with E-state index in [1.807, 2.05) is 24.3 Å². The van der Waals surface area contributed by atoms with Crippen molar-refractivity contribution in [2.24, 2.45) is 5.73 Å². The Labute approximate surface area is 90.1 Å². The minimum atomic E-state index is -0.0755. The molecule has 78 valence electrons. The van der Waals surface area contributed by atoms with Crippen molar-refractivity contribution in [2.75, 3.05) is 18.0 Å². The number of benzene rings is 1. The molecule has 1 aliphatic rings. The highest BCUT2D eigenvalue weighted by molar-refractivity contribution is 5.51. The van der Waals surface area contributed by atoms with Gasteiger partial charge in [-0.1, -0.05) is 0 Å². The Bertz CT molecular complexity index is 386. The fourth-order valence-electron chi connectivity index (χ4n) is 1.95. The van der Waals surface area contributed by atoms with Crippen LogP contribution in [0.1, 0.15) is 18.9 Å². The summed E-state index contributed by atoms with van der Waals surface area (Å²) in [5, 5.41) is 8.69. The maximum Gasteiger partial charge on any atom is 0.0991 e. The number of hydrogen-bond donors (Lipinski definition) is 1. The summed E-state index contributed by atoms with van der Waals surface area (Å²) in [5.74, 6) is 0. The lowest BCUT2D eigenvalue weighted by Gasteiger charge is -2.21. The molecule has 0 saturated carbocycles. The first kappa shape index (κ1) is 10.0. The molecule has 1 saturated heterocycles. The fourth-order valence-corrected chi connectivity index (χ4v) is 1.95. The first-order valence-corrected chi connectivity index (χ1v) is 5.15. The van der Waals surface area contributed by atoms with Gasteiger partial charge in [0.25, 0.3) is 0 Å². The molecule has 1 atom stereocenters. The molecule has 1 unspecified atom stereocenters. The van der Waals surface area contributed by atoms with Crippen LogP contribution in [0, 0.1) is 11.3 Å². The number of nitrogens with two attached hydrogens (primary N) is 1. The highest BCUT2D eigenvalue weighted by Gasteiger charge is 2.29. The number of anilines is 1. The maximum absolute atomic E-state index is 8.69. The second-order valence-electron chi connectivity index (χ2n) is 4.48. The first-order chi connectivity index (χ1) is 7.11. The van der Waals surface area contributed by atoms with Gasteiger partial charge in [0.05, 0.1) is 11.6 Å². The summed E-state index contributed by atoms with van der Waals surface area (Å²) in [5.41, 5.74) is 7.85. The van der Waals surface area contributed by atoms with Gasteiger partial charge in [0.2, 0.25) is 0 Å². The lowest BCUT2D eigenvalue weighted by atomic mass is 10.0. The molecule has 15 heavy (non-hydrogen) atoms. The van der Waals surface area contributed by atoms with Gasteiger partial charge in [0.15, 0.2) is 0 Å². The molecule has 0 bridgehead atoms. The molecule has 3 heteroatoms. The summed E-state index contributed by atoms with van der Waals surface area (Å²) in [7, 11) is 0. The molecule has 1 aromatic rings. The predicted molar refractivity (Wildman–Crippen MR) is 60.6 cm³/mol. The minimum absolute atomic E-state index is 0.0755. The topological polar surface area (TPSA) is 53.0 Å². The van der Waals surface area contributed by atoms with Crippen molar-refractivity contribution >= 4 is 5.69 Å². The Morgan fingerprint density at radius 3 is 2.53 bits per heavy atom. The van der Waals surface area contributed by atoms with Crippen LogP contribution in [0.15, 0.2) is 24.3 Å².